The Labute approximate surface area is 126 Å². The van der Waals surface area contributed by atoms with Crippen LogP contribution >= 0.6 is 11.3 Å². The molecule has 0 radical (unpaired) electrons. The number of carbonyl (C=O) groups is 2. The first-order valence-electron chi connectivity index (χ1n) is 6.49. The van der Waals surface area contributed by atoms with Crippen LogP contribution in [-0.2, 0) is 9.59 Å². The molecule has 0 spiro atoms. The van der Waals surface area contributed by atoms with E-state index in [9.17, 15) is 9.59 Å². The summed E-state index contributed by atoms with van der Waals surface area (Å²) in [6, 6.07) is 9.69. The number of hydrogen-bond donors (Lipinski definition) is 1. The number of thiazole rings is 1. The lowest BCUT2D eigenvalue weighted by Gasteiger charge is -2.17. The van der Waals surface area contributed by atoms with Crippen molar-refractivity contribution in [3.8, 4) is 11.3 Å². The third-order valence-electron chi connectivity index (χ3n) is 3.08. The van der Waals surface area contributed by atoms with Gasteiger partial charge in [-0.25, -0.2) is 4.98 Å². The van der Waals surface area contributed by atoms with E-state index in [1.54, 1.807) is 14.0 Å². The van der Waals surface area contributed by atoms with Crippen molar-refractivity contribution in [3.05, 3.63) is 35.7 Å². The van der Waals surface area contributed by atoms with E-state index in [1.807, 2.05) is 35.7 Å². The van der Waals surface area contributed by atoms with Crippen LogP contribution in [0.1, 0.15) is 13.3 Å². The number of anilines is 1. The fourth-order valence-electron chi connectivity index (χ4n) is 1.93. The molecule has 0 bridgehead atoms. The Bertz CT molecular complexity index is 639. The molecule has 1 amide bonds. The molecule has 0 aliphatic rings. The molecule has 1 atom stereocenters. The Morgan fingerprint density at radius 3 is 2.62 bits per heavy atom. The average molecular weight is 304 g/mol. The normalized spacial score (nSPS) is 11.9. The number of nitrogens with zero attached hydrogens (tertiary/aromatic N) is 2. The van der Waals surface area contributed by atoms with Gasteiger partial charge >= 0.3 is 5.97 Å². The van der Waals surface area contributed by atoms with E-state index < -0.39 is 11.9 Å². The molecule has 0 aliphatic carbocycles. The molecule has 110 valence electrons. The van der Waals surface area contributed by atoms with Crippen molar-refractivity contribution >= 4 is 28.3 Å². The highest BCUT2D eigenvalue weighted by atomic mass is 32.1. The van der Waals surface area contributed by atoms with Gasteiger partial charge in [0.05, 0.1) is 12.1 Å². The van der Waals surface area contributed by atoms with Crippen LogP contribution in [0, 0.1) is 5.92 Å². The van der Waals surface area contributed by atoms with Gasteiger partial charge in [-0.05, 0) is 0 Å². The van der Waals surface area contributed by atoms with Crippen molar-refractivity contribution in [2.24, 2.45) is 5.92 Å². The zero-order valence-corrected chi connectivity index (χ0v) is 12.6. The molecule has 0 fully saturated rings. The predicted octanol–water partition coefficient (Wildman–Crippen LogP) is 2.88. The van der Waals surface area contributed by atoms with Gasteiger partial charge in [-0.3, -0.25) is 14.5 Å². The third-order valence-corrected chi connectivity index (χ3v) is 4.00. The van der Waals surface area contributed by atoms with Crippen LogP contribution in [0.2, 0.25) is 0 Å². The van der Waals surface area contributed by atoms with Crippen molar-refractivity contribution < 1.29 is 14.7 Å². The van der Waals surface area contributed by atoms with Gasteiger partial charge in [-0.15, -0.1) is 11.3 Å². The highest BCUT2D eigenvalue weighted by Gasteiger charge is 2.23. The summed E-state index contributed by atoms with van der Waals surface area (Å²) in [6.45, 7) is 1.61. The van der Waals surface area contributed by atoms with E-state index in [1.165, 1.54) is 16.2 Å². The molecule has 1 heterocycles. The van der Waals surface area contributed by atoms with Gasteiger partial charge in [0.2, 0.25) is 5.91 Å². The van der Waals surface area contributed by atoms with Crippen LogP contribution in [0.25, 0.3) is 11.3 Å². The maximum absolute atomic E-state index is 12.2. The number of hydrogen-bond acceptors (Lipinski definition) is 4. The first kappa shape index (κ1) is 15.2. The fourth-order valence-corrected chi connectivity index (χ4v) is 2.74. The minimum absolute atomic E-state index is 0.180. The lowest BCUT2D eigenvalue weighted by atomic mass is 10.1. The highest BCUT2D eigenvalue weighted by molar-refractivity contribution is 7.14. The summed E-state index contributed by atoms with van der Waals surface area (Å²) in [5.74, 6) is -1.80. The summed E-state index contributed by atoms with van der Waals surface area (Å²) in [5.41, 5.74) is 1.79. The number of amides is 1. The van der Waals surface area contributed by atoms with Gasteiger partial charge in [-0.1, -0.05) is 37.3 Å². The van der Waals surface area contributed by atoms with Gasteiger partial charge in [0.25, 0.3) is 0 Å². The quantitative estimate of drug-likeness (QED) is 0.922. The number of carboxylic acids is 1. The molecule has 2 rings (SSSR count). The van der Waals surface area contributed by atoms with Gasteiger partial charge < -0.3 is 5.11 Å². The molecular weight excluding hydrogens is 288 g/mol. The van der Waals surface area contributed by atoms with Crippen LogP contribution < -0.4 is 4.90 Å². The van der Waals surface area contributed by atoms with Crippen molar-refractivity contribution in [3.63, 3.8) is 0 Å². The zero-order valence-electron chi connectivity index (χ0n) is 11.8. The zero-order chi connectivity index (χ0) is 15.4. The SMILES string of the molecule is C[C@H](CC(=O)O)C(=O)N(C)c1nc(-c2ccccc2)cs1. The Kier molecular flexibility index (Phi) is 4.70. The summed E-state index contributed by atoms with van der Waals surface area (Å²) in [4.78, 5) is 28.7. The van der Waals surface area contributed by atoms with Crippen molar-refractivity contribution in [1.29, 1.82) is 0 Å². The van der Waals surface area contributed by atoms with Gasteiger partial charge in [0.1, 0.15) is 0 Å². The third kappa shape index (κ3) is 3.66. The number of aromatic nitrogens is 1. The van der Waals surface area contributed by atoms with Crippen LogP contribution in [0.4, 0.5) is 5.13 Å². The fraction of sp³-hybridized carbons (Fsp3) is 0.267. The monoisotopic (exact) mass is 304 g/mol. The van der Waals surface area contributed by atoms with Crippen molar-refractivity contribution in [2.75, 3.05) is 11.9 Å². The Hall–Kier alpha value is -2.21. The molecule has 1 aromatic heterocycles. The second-order valence-electron chi connectivity index (χ2n) is 4.78. The van der Waals surface area contributed by atoms with Crippen molar-refractivity contribution in [1.82, 2.24) is 4.98 Å². The van der Waals surface area contributed by atoms with Crippen LogP contribution in [0.3, 0.4) is 0 Å². The average Bonchev–Trinajstić information content (AvgIpc) is 2.95. The van der Waals surface area contributed by atoms with Gasteiger partial charge in [0.15, 0.2) is 5.13 Å². The summed E-state index contributed by atoms with van der Waals surface area (Å²) in [5, 5.41) is 11.2. The van der Waals surface area contributed by atoms with E-state index >= 15 is 0 Å². The van der Waals surface area contributed by atoms with E-state index in [2.05, 4.69) is 4.98 Å². The Balaban J connectivity index is 2.14. The Morgan fingerprint density at radius 2 is 2.00 bits per heavy atom. The van der Waals surface area contributed by atoms with Crippen LogP contribution in [-0.4, -0.2) is 29.0 Å². The van der Waals surface area contributed by atoms with Crippen LogP contribution in [0.15, 0.2) is 35.7 Å². The number of carboxylic acid groups (broad SMARTS) is 1. The maximum Gasteiger partial charge on any atom is 0.304 e. The first-order valence-corrected chi connectivity index (χ1v) is 7.37. The molecule has 0 saturated carbocycles. The first-order chi connectivity index (χ1) is 9.99. The number of rotatable bonds is 5. The molecule has 0 saturated heterocycles. The molecule has 21 heavy (non-hydrogen) atoms. The smallest absolute Gasteiger partial charge is 0.304 e. The summed E-state index contributed by atoms with van der Waals surface area (Å²) in [7, 11) is 1.62. The summed E-state index contributed by atoms with van der Waals surface area (Å²) < 4.78 is 0. The molecule has 1 N–H and O–H groups in total. The standard InChI is InChI=1S/C15H16N2O3S/c1-10(8-13(18)19)14(20)17(2)15-16-12(9-21-15)11-6-4-3-5-7-11/h3-7,9-10H,8H2,1-2H3,(H,18,19)/t10-/m1/s1. The minimum atomic E-state index is -0.978. The van der Waals surface area contributed by atoms with E-state index in [4.69, 9.17) is 5.11 Å². The minimum Gasteiger partial charge on any atom is -0.481 e. The molecule has 6 heteroatoms. The molecular formula is C15H16N2O3S. The lowest BCUT2D eigenvalue weighted by molar-refractivity contribution is -0.140. The summed E-state index contributed by atoms with van der Waals surface area (Å²) in [6.07, 6.45) is -0.180. The van der Waals surface area contributed by atoms with E-state index in [-0.39, 0.29) is 12.3 Å². The van der Waals surface area contributed by atoms with Crippen molar-refractivity contribution in [2.45, 2.75) is 13.3 Å². The van der Waals surface area contributed by atoms with Gasteiger partial charge in [-0.2, -0.15) is 0 Å². The molecule has 0 unspecified atom stereocenters. The maximum atomic E-state index is 12.2. The Morgan fingerprint density at radius 1 is 1.33 bits per heavy atom. The number of benzene rings is 1. The second-order valence-corrected chi connectivity index (χ2v) is 5.61. The molecule has 5 nitrogen and oxygen atoms in total. The second kappa shape index (κ2) is 6.49. The molecule has 1 aromatic carbocycles. The molecule has 0 aliphatic heterocycles. The van der Waals surface area contributed by atoms with Crippen LogP contribution in [0.5, 0.6) is 0 Å². The highest BCUT2D eigenvalue weighted by Crippen LogP contribution is 2.27. The molecule has 2 aromatic rings. The van der Waals surface area contributed by atoms with Gasteiger partial charge in [0, 0.05) is 23.9 Å². The number of aliphatic carboxylic acids is 1. The topological polar surface area (TPSA) is 70.5 Å². The predicted molar refractivity (Wildman–Crippen MR) is 82.4 cm³/mol. The van der Waals surface area contributed by atoms with E-state index in [0.717, 1.165) is 11.3 Å². The number of carbonyl (C=O) groups excluding carboxylic acids is 1. The van der Waals surface area contributed by atoms with E-state index in [0.29, 0.717) is 5.13 Å². The lowest BCUT2D eigenvalue weighted by Crippen LogP contribution is -2.32. The largest absolute Gasteiger partial charge is 0.481 e. The summed E-state index contributed by atoms with van der Waals surface area (Å²) >= 11 is 1.36.